The zero-order valence-corrected chi connectivity index (χ0v) is 8.46. The molecule has 0 aliphatic carbocycles. The van der Waals surface area contributed by atoms with Crippen LogP contribution in [0.25, 0.3) is 10.9 Å². The van der Waals surface area contributed by atoms with Crippen LogP contribution in [-0.2, 0) is 6.42 Å². The van der Waals surface area contributed by atoms with Gasteiger partial charge in [0.1, 0.15) is 0 Å². The number of para-hydroxylation sites is 1. The fourth-order valence-corrected chi connectivity index (χ4v) is 1.73. The quantitative estimate of drug-likeness (QED) is 0.704. The van der Waals surface area contributed by atoms with Gasteiger partial charge in [0.25, 0.3) is 0 Å². The van der Waals surface area contributed by atoms with Crippen LogP contribution in [0.1, 0.15) is 12.5 Å². The lowest BCUT2D eigenvalue weighted by molar-refractivity contribution is 0.729. The molecule has 72 valence electrons. The monoisotopic (exact) mass is 185 g/mol. The van der Waals surface area contributed by atoms with Crippen molar-refractivity contribution in [3.05, 3.63) is 48.7 Å². The average Bonchev–Trinajstić information content (AvgIpc) is 2.62. The molecule has 0 bridgehead atoms. The first-order valence-corrected chi connectivity index (χ1v) is 4.99. The van der Waals surface area contributed by atoms with Crippen LogP contribution < -0.4 is 0 Å². The molecule has 1 atom stereocenters. The Labute approximate surface area is 84.5 Å². The Morgan fingerprint density at radius 1 is 1.43 bits per heavy atom. The Balaban J connectivity index is 2.38. The third kappa shape index (κ3) is 1.58. The third-order valence-electron chi connectivity index (χ3n) is 2.62. The minimum Gasteiger partial charge on any atom is -0.361 e. The van der Waals surface area contributed by atoms with Crippen LogP contribution in [0, 0.1) is 5.92 Å². The van der Waals surface area contributed by atoms with Gasteiger partial charge in [0.2, 0.25) is 0 Å². The molecule has 0 aliphatic heterocycles. The molecule has 1 aromatic carbocycles. The summed E-state index contributed by atoms with van der Waals surface area (Å²) in [5, 5.41) is 1.33. The summed E-state index contributed by atoms with van der Waals surface area (Å²) in [5.74, 6) is 0.536. The van der Waals surface area contributed by atoms with Crippen molar-refractivity contribution in [1.29, 1.82) is 0 Å². The second-order valence-electron chi connectivity index (χ2n) is 3.78. The number of aromatic amines is 1. The molecule has 0 amide bonds. The SMILES string of the molecule is C=CC(C)Cc1c[nH]c2ccccc12. The van der Waals surface area contributed by atoms with Gasteiger partial charge in [-0.25, -0.2) is 0 Å². The van der Waals surface area contributed by atoms with Gasteiger partial charge in [-0.05, 0) is 24.0 Å². The molecule has 1 N–H and O–H groups in total. The van der Waals surface area contributed by atoms with Crippen LogP contribution in [0.2, 0.25) is 0 Å². The number of hydrogen-bond acceptors (Lipinski definition) is 0. The van der Waals surface area contributed by atoms with Crippen LogP contribution in [0.4, 0.5) is 0 Å². The number of hydrogen-bond donors (Lipinski definition) is 1. The third-order valence-corrected chi connectivity index (χ3v) is 2.62. The Morgan fingerprint density at radius 2 is 2.21 bits per heavy atom. The van der Waals surface area contributed by atoms with Gasteiger partial charge in [0, 0.05) is 17.1 Å². The molecular formula is C13H15N. The summed E-state index contributed by atoms with van der Waals surface area (Å²) in [4.78, 5) is 3.28. The Bertz CT molecular complexity index is 439. The maximum absolute atomic E-state index is 3.81. The number of benzene rings is 1. The maximum atomic E-state index is 3.81. The van der Waals surface area contributed by atoms with Crippen molar-refractivity contribution in [2.75, 3.05) is 0 Å². The lowest BCUT2D eigenvalue weighted by atomic mass is 10.0. The van der Waals surface area contributed by atoms with Gasteiger partial charge in [0.15, 0.2) is 0 Å². The van der Waals surface area contributed by atoms with Crippen LogP contribution in [0.5, 0.6) is 0 Å². The van der Waals surface area contributed by atoms with Crippen molar-refractivity contribution in [2.45, 2.75) is 13.3 Å². The summed E-state index contributed by atoms with van der Waals surface area (Å²) in [6, 6.07) is 8.41. The first kappa shape index (κ1) is 9.07. The summed E-state index contributed by atoms with van der Waals surface area (Å²) < 4.78 is 0. The summed E-state index contributed by atoms with van der Waals surface area (Å²) in [6.07, 6.45) is 5.17. The molecule has 0 aliphatic rings. The number of H-pyrrole nitrogens is 1. The van der Waals surface area contributed by atoms with E-state index < -0.39 is 0 Å². The van der Waals surface area contributed by atoms with E-state index in [9.17, 15) is 0 Å². The highest BCUT2D eigenvalue weighted by Gasteiger charge is 2.04. The number of aromatic nitrogens is 1. The summed E-state index contributed by atoms with van der Waals surface area (Å²) in [7, 11) is 0. The zero-order valence-electron chi connectivity index (χ0n) is 8.46. The number of rotatable bonds is 3. The van der Waals surface area contributed by atoms with Gasteiger partial charge in [-0.15, -0.1) is 6.58 Å². The van der Waals surface area contributed by atoms with Crippen LogP contribution >= 0.6 is 0 Å². The summed E-state index contributed by atoms with van der Waals surface area (Å²) >= 11 is 0. The Kier molecular flexibility index (Phi) is 2.40. The highest BCUT2D eigenvalue weighted by atomic mass is 14.7. The van der Waals surface area contributed by atoms with E-state index in [1.807, 2.05) is 6.08 Å². The van der Waals surface area contributed by atoms with Crippen molar-refractivity contribution < 1.29 is 0 Å². The van der Waals surface area contributed by atoms with E-state index >= 15 is 0 Å². The normalized spacial score (nSPS) is 12.9. The van der Waals surface area contributed by atoms with Gasteiger partial charge in [-0.3, -0.25) is 0 Å². The highest BCUT2D eigenvalue weighted by molar-refractivity contribution is 5.83. The standard InChI is InChI=1S/C13H15N/c1-3-10(2)8-11-9-14-13-7-5-4-6-12(11)13/h3-7,9-10,14H,1,8H2,2H3. The highest BCUT2D eigenvalue weighted by Crippen LogP contribution is 2.20. The fraction of sp³-hybridized carbons (Fsp3) is 0.231. The van der Waals surface area contributed by atoms with Crippen LogP contribution in [0.15, 0.2) is 43.1 Å². The van der Waals surface area contributed by atoms with Gasteiger partial charge >= 0.3 is 0 Å². The lowest BCUT2D eigenvalue weighted by Gasteiger charge is -2.03. The second kappa shape index (κ2) is 3.70. The summed E-state index contributed by atoms with van der Waals surface area (Å²) in [6.45, 7) is 6.00. The topological polar surface area (TPSA) is 15.8 Å². The van der Waals surface area contributed by atoms with Crippen LogP contribution in [-0.4, -0.2) is 4.98 Å². The summed E-state index contributed by atoms with van der Waals surface area (Å²) in [5.41, 5.74) is 2.60. The van der Waals surface area contributed by atoms with E-state index in [4.69, 9.17) is 0 Å². The van der Waals surface area contributed by atoms with E-state index in [0.29, 0.717) is 5.92 Å². The maximum Gasteiger partial charge on any atom is 0.0456 e. The van der Waals surface area contributed by atoms with Gasteiger partial charge in [-0.2, -0.15) is 0 Å². The van der Waals surface area contributed by atoms with E-state index in [1.165, 1.54) is 16.5 Å². The van der Waals surface area contributed by atoms with Crippen molar-refractivity contribution in [3.8, 4) is 0 Å². The molecule has 0 saturated heterocycles. The molecule has 0 fully saturated rings. The lowest BCUT2D eigenvalue weighted by Crippen LogP contribution is -1.93. The molecular weight excluding hydrogens is 170 g/mol. The van der Waals surface area contributed by atoms with E-state index in [0.717, 1.165) is 6.42 Å². The number of nitrogens with one attached hydrogen (secondary N) is 1. The number of fused-ring (bicyclic) bond motifs is 1. The molecule has 1 unspecified atom stereocenters. The molecule has 0 radical (unpaired) electrons. The minimum atomic E-state index is 0.536. The van der Waals surface area contributed by atoms with E-state index in [-0.39, 0.29) is 0 Å². The molecule has 1 nitrogen and oxygen atoms in total. The number of allylic oxidation sites excluding steroid dienone is 1. The predicted octanol–water partition coefficient (Wildman–Crippen LogP) is 3.53. The minimum absolute atomic E-state index is 0.536. The zero-order chi connectivity index (χ0) is 9.97. The molecule has 0 spiro atoms. The molecule has 0 saturated carbocycles. The molecule has 2 aromatic rings. The Morgan fingerprint density at radius 3 is 3.00 bits per heavy atom. The first-order valence-electron chi connectivity index (χ1n) is 4.99. The Hall–Kier alpha value is -1.50. The molecule has 2 rings (SSSR count). The molecule has 1 aromatic heterocycles. The van der Waals surface area contributed by atoms with E-state index in [1.54, 1.807) is 0 Å². The van der Waals surface area contributed by atoms with Gasteiger partial charge in [-0.1, -0.05) is 31.2 Å². The van der Waals surface area contributed by atoms with Crippen molar-refractivity contribution in [3.63, 3.8) is 0 Å². The van der Waals surface area contributed by atoms with E-state index in [2.05, 4.69) is 48.9 Å². The average molecular weight is 185 g/mol. The second-order valence-corrected chi connectivity index (χ2v) is 3.78. The first-order chi connectivity index (χ1) is 6.81. The molecule has 14 heavy (non-hydrogen) atoms. The largest absolute Gasteiger partial charge is 0.361 e. The van der Waals surface area contributed by atoms with Gasteiger partial charge in [0.05, 0.1) is 0 Å². The van der Waals surface area contributed by atoms with Crippen molar-refractivity contribution in [1.82, 2.24) is 4.98 Å². The van der Waals surface area contributed by atoms with Crippen molar-refractivity contribution >= 4 is 10.9 Å². The van der Waals surface area contributed by atoms with Gasteiger partial charge < -0.3 is 4.98 Å². The van der Waals surface area contributed by atoms with Crippen LogP contribution in [0.3, 0.4) is 0 Å². The fourth-order valence-electron chi connectivity index (χ4n) is 1.73. The van der Waals surface area contributed by atoms with Crippen molar-refractivity contribution in [2.24, 2.45) is 5.92 Å². The molecule has 1 heteroatoms. The molecule has 1 heterocycles. The predicted molar refractivity (Wildman–Crippen MR) is 61.4 cm³/mol. The smallest absolute Gasteiger partial charge is 0.0456 e.